The summed E-state index contributed by atoms with van der Waals surface area (Å²) in [6.45, 7) is 2.27. The molecule has 0 fully saturated rings. The minimum Gasteiger partial charge on any atom is -0.396 e. The molecule has 0 aliphatic heterocycles. The Morgan fingerprint density at radius 1 is 1.14 bits per heavy atom. The van der Waals surface area contributed by atoms with E-state index in [1.807, 2.05) is 24.3 Å². The third-order valence-corrected chi connectivity index (χ3v) is 4.22. The maximum atomic E-state index is 8.90. The van der Waals surface area contributed by atoms with Crippen LogP contribution in [-0.2, 0) is 6.42 Å². The van der Waals surface area contributed by atoms with Crippen LogP contribution in [0.4, 0.5) is 5.69 Å². The van der Waals surface area contributed by atoms with Crippen LogP contribution in [-0.4, -0.2) is 11.7 Å². The number of aryl methyl sites for hydroxylation is 1. The fraction of sp³-hybridized carbons (Fsp3) is 0.294. The summed E-state index contributed by atoms with van der Waals surface area (Å²) in [5.41, 5.74) is 3.22. The lowest BCUT2D eigenvalue weighted by Crippen LogP contribution is -2.07. The molecule has 21 heavy (non-hydrogen) atoms. The molecule has 2 aromatic carbocycles. The van der Waals surface area contributed by atoms with Gasteiger partial charge in [-0.2, -0.15) is 0 Å². The molecule has 2 aromatic rings. The number of nitrogens with one attached hydrogen (secondary N) is 1. The molecule has 2 nitrogen and oxygen atoms in total. The summed E-state index contributed by atoms with van der Waals surface area (Å²) in [7, 11) is 0. The predicted molar refractivity (Wildman–Crippen MR) is 90.3 cm³/mol. The molecule has 0 aliphatic rings. The van der Waals surface area contributed by atoms with Gasteiger partial charge in [-0.05, 0) is 49.1 Å². The van der Waals surface area contributed by atoms with Crippen LogP contribution in [0.1, 0.15) is 30.5 Å². The molecule has 0 radical (unpaired) electrons. The zero-order valence-electron chi connectivity index (χ0n) is 11.9. The molecule has 0 aliphatic carbocycles. The van der Waals surface area contributed by atoms with Gasteiger partial charge in [-0.25, -0.2) is 0 Å². The van der Waals surface area contributed by atoms with Crippen molar-refractivity contribution in [2.75, 3.05) is 11.9 Å². The van der Waals surface area contributed by atoms with Gasteiger partial charge in [0.2, 0.25) is 0 Å². The van der Waals surface area contributed by atoms with Gasteiger partial charge in [-0.1, -0.05) is 47.5 Å². The first-order chi connectivity index (χ1) is 10.1. The van der Waals surface area contributed by atoms with E-state index < -0.39 is 0 Å². The highest BCUT2D eigenvalue weighted by molar-refractivity contribution is 6.42. The molecule has 0 bridgehead atoms. The predicted octanol–water partition coefficient (Wildman–Crippen LogP) is 5.09. The van der Waals surface area contributed by atoms with Crippen LogP contribution in [0.3, 0.4) is 0 Å². The van der Waals surface area contributed by atoms with Crippen LogP contribution in [0, 0.1) is 0 Å². The van der Waals surface area contributed by atoms with Gasteiger partial charge in [-0.15, -0.1) is 0 Å². The summed E-state index contributed by atoms with van der Waals surface area (Å²) in [6.07, 6.45) is 1.65. The molecule has 2 rings (SSSR count). The Morgan fingerprint density at radius 3 is 2.67 bits per heavy atom. The molecule has 0 spiro atoms. The molecule has 0 saturated carbocycles. The Kier molecular flexibility index (Phi) is 5.92. The van der Waals surface area contributed by atoms with E-state index in [0.717, 1.165) is 24.1 Å². The molecule has 0 aromatic heterocycles. The minimum absolute atomic E-state index is 0.0595. The smallest absolute Gasteiger partial charge is 0.0644 e. The van der Waals surface area contributed by atoms with E-state index in [2.05, 4.69) is 24.4 Å². The van der Waals surface area contributed by atoms with Crippen LogP contribution in [0.25, 0.3) is 0 Å². The quantitative estimate of drug-likeness (QED) is 0.775. The number of rotatable bonds is 6. The van der Waals surface area contributed by atoms with Crippen LogP contribution >= 0.6 is 23.2 Å². The van der Waals surface area contributed by atoms with E-state index in [-0.39, 0.29) is 12.6 Å². The SMILES string of the molecule is CC(Nc1cccc(CCCO)c1)c1cccc(Cl)c1Cl. The number of halogens is 2. The highest BCUT2D eigenvalue weighted by Crippen LogP contribution is 2.31. The van der Waals surface area contributed by atoms with E-state index in [0.29, 0.717) is 10.0 Å². The van der Waals surface area contributed by atoms with Crippen LogP contribution in [0.2, 0.25) is 10.0 Å². The number of aliphatic hydroxyl groups excluding tert-OH is 1. The van der Waals surface area contributed by atoms with E-state index in [9.17, 15) is 0 Å². The Balaban J connectivity index is 2.12. The van der Waals surface area contributed by atoms with Crippen molar-refractivity contribution in [1.82, 2.24) is 0 Å². The monoisotopic (exact) mass is 323 g/mol. The highest BCUT2D eigenvalue weighted by atomic mass is 35.5. The first kappa shape index (κ1) is 16.2. The number of benzene rings is 2. The second kappa shape index (κ2) is 7.69. The minimum atomic E-state index is 0.0595. The summed E-state index contributed by atoms with van der Waals surface area (Å²) >= 11 is 12.3. The molecule has 1 atom stereocenters. The number of anilines is 1. The molecular weight excluding hydrogens is 305 g/mol. The summed E-state index contributed by atoms with van der Waals surface area (Å²) in [5, 5.41) is 13.5. The van der Waals surface area contributed by atoms with Gasteiger partial charge in [0.15, 0.2) is 0 Å². The molecule has 0 amide bonds. The van der Waals surface area contributed by atoms with Gasteiger partial charge in [0, 0.05) is 12.3 Å². The second-order valence-electron chi connectivity index (χ2n) is 5.04. The first-order valence-electron chi connectivity index (χ1n) is 7.02. The first-order valence-corrected chi connectivity index (χ1v) is 7.77. The summed E-state index contributed by atoms with van der Waals surface area (Å²) < 4.78 is 0. The number of aliphatic hydroxyl groups is 1. The average molecular weight is 324 g/mol. The lowest BCUT2D eigenvalue weighted by molar-refractivity contribution is 0.288. The number of hydrogen-bond donors (Lipinski definition) is 2. The van der Waals surface area contributed by atoms with Crippen molar-refractivity contribution in [2.24, 2.45) is 0 Å². The molecular formula is C17H19Cl2NO. The van der Waals surface area contributed by atoms with Crippen LogP contribution in [0.15, 0.2) is 42.5 Å². The molecule has 1 unspecified atom stereocenters. The van der Waals surface area contributed by atoms with Gasteiger partial charge in [0.25, 0.3) is 0 Å². The van der Waals surface area contributed by atoms with Gasteiger partial charge in [-0.3, -0.25) is 0 Å². The Bertz CT molecular complexity index is 601. The summed E-state index contributed by atoms with van der Waals surface area (Å²) in [5.74, 6) is 0. The third kappa shape index (κ3) is 4.37. The molecule has 2 N–H and O–H groups in total. The molecule has 0 heterocycles. The fourth-order valence-corrected chi connectivity index (χ4v) is 2.75. The van der Waals surface area contributed by atoms with E-state index in [1.54, 1.807) is 6.07 Å². The van der Waals surface area contributed by atoms with Crippen molar-refractivity contribution in [3.05, 3.63) is 63.6 Å². The van der Waals surface area contributed by atoms with Gasteiger partial charge in [0.05, 0.1) is 16.1 Å². The zero-order valence-corrected chi connectivity index (χ0v) is 13.5. The lowest BCUT2D eigenvalue weighted by Gasteiger charge is -2.18. The summed E-state index contributed by atoms with van der Waals surface area (Å²) in [4.78, 5) is 0. The maximum absolute atomic E-state index is 8.90. The van der Waals surface area contributed by atoms with Crippen LogP contribution in [0.5, 0.6) is 0 Å². The van der Waals surface area contributed by atoms with Crippen molar-refractivity contribution in [3.63, 3.8) is 0 Å². The lowest BCUT2D eigenvalue weighted by atomic mass is 10.1. The summed E-state index contributed by atoms with van der Waals surface area (Å²) in [6, 6.07) is 13.9. The zero-order chi connectivity index (χ0) is 15.2. The van der Waals surface area contributed by atoms with Gasteiger partial charge < -0.3 is 10.4 Å². The van der Waals surface area contributed by atoms with Crippen molar-refractivity contribution < 1.29 is 5.11 Å². The third-order valence-electron chi connectivity index (χ3n) is 3.38. The van der Waals surface area contributed by atoms with E-state index in [4.69, 9.17) is 28.3 Å². The largest absolute Gasteiger partial charge is 0.396 e. The Labute approximate surface area is 135 Å². The van der Waals surface area contributed by atoms with Crippen molar-refractivity contribution in [3.8, 4) is 0 Å². The standard InChI is InChI=1S/C17H19Cl2NO/c1-12(15-8-3-9-16(18)17(15)19)20-14-7-2-5-13(11-14)6-4-10-21/h2-3,5,7-9,11-12,20-21H,4,6,10H2,1H3. The van der Waals surface area contributed by atoms with Crippen molar-refractivity contribution in [2.45, 2.75) is 25.8 Å². The Hall–Kier alpha value is -1.22. The van der Waals surface area contributed by atoms with Gasteiger partial charge in [0.1, 0.15) is 0 Å². The van der Waals surface area contributed by atoms with Crippen LogP contribution < -0.4 is 5.32 Å². The Morgan fingerprint density at radius 2 is 1.90 bits per heavy atom. The molecule has 0 saturated heterocycles. The molecule has 112 valence electrons. The fourth-order valence-electron chi connectivity index (χ4n) is 2.28. The molecule has 4 heteroatoms. The second-order valence-corrected chi connectivity index (χ2v) is 5.82. The normalized spacial score (nSPS) is 12.2. The van der Waals surface area contributed by atoms with Crippen molar-refractivity contribution in [1.29, 1.82) is 0 Å². The number of hydrogen-bond acceptors (Lipinski definition) is 2. The topological polar surface area (TPSA) is 32.3 Å². The van der Waals surface area contributed by atoms with Gasteiger partial charge >= 0.3 is 0 Å². The highest BCUT2D eigenvalue weighted by Gasteiger charge is 2.11. The van der Waals surface area contributed by atoms with Crippen molar-refractivity contribution >= 4 is 28.9 Å². The van der Waals surface area contributed by atoms with E-state index >= 15 is 0 Å². The average Bonchev–Trinajstić information content (AvgIpc) is 2.48. The maximum Gasteiger partial charge on any atom is 0.0644 e. The van der Waals surface area contributed by atoms with E-state index in [1.165, 1.54) is 5.56 Å².